The molecule has 0 radical (unpaired) electrons. The van der Waals surface area contributed by atoms with Crippen LogP contribution < -0.4 is 5.46 Å². The third kappa shape index (κ3) is 4.34. The number of rotatable bonds is 3. The van der Waals surface area contributed by atoms with Crippen molar-refractivity contribution in [2.24, 2.45) is 5.41 Å². The summed E-state index contributed by atoms with van der Waals surface area (Å²) in [4.78, 5) is 0. The van der Waals surface area contributed by atoms with Crippen LogP contribution >= 0.6 is 0 Å². The smallest absolute Gasteiger partial charge is 0.407 e. The average Bonchev–Trinajstić information content (AvgIpc) is 3.03. The molecule has 8 rings (SSSR count). The van der Waals surface area contributed by atoms with Crippen molar-refractivity contribution < 1.29 is 9.31 Å². The van der Waals surface area contributed by atoms with Gasteiger partial charge in [0.25, 0.3) is 0 Å². The molecule has 0 bridgehead atoms. The van der Waals surface area contributed by atoms with E-state index in [9.17, 15) is 0 Å². The minimum absolute atomic E-state index is 0.0597. The zero-order valence-electron chi connectivity index (χ0n) is 25.7. The van der Waals surface area contributed by atoms with Gasteiger partial charge in [-0.25, -0.2) is 0 Å². The summed E-state index contributed by atoms with van der Waals surface area (Å²) in [5.74, 6) is 0. The number of hydrogen-bond acceptors (Lipinski definition) is 2. The summed E-state index contributed by atoms with van der Waals surface area (Å²) in [6, 6.07) is 46.6. The van der Waals surface area contributed by atoms with E-state index >= 15 is 0 Å². The van der Waals surface area contributed by atoms with Gasteiger partial charge >= 0.3 is 7.12 Å². The fourth-order valence-corrected chi connectivity index (χ4v) is 6.73. The Labute approximate surface area is 259 Å². The molecule has 0 aliphatic carbocycles. The van der Waals surface area contributed by atoms with Gasteiger partial charge in [-0.3, -0.25) is 0 Å². The van der Waals surface area contributed by atoms with Gasteiger partial charge < -0.3 is 9.31 Å². The lowest BCUT2D eigenvalue weighted by Gasteiger charge is -2.47. The fourth-order valence-electron chi connectivity index (χ4n) is 6.73. The Bertz CT molecular complexity index is 2200. The summed E-state index contributed by atoms with van der Waals surface area (Å²) in [5.41, 5.74) is 5.64. The van der Waals surface area contributed by atoms with Gasteiger partial charge in [-0.1, -0.05) is 117 Å². The van der Waals surface area contributed by atoms with Gasteiger partial charge in [0.15, 0.2) is 0 Å². The molecule has 0 saturated carbocycles. The maximum Gasteiger partial charge on any atom is 0.494 e. The molecule has 1 aliphatic rings. The highest BCUT2D eigenvalue weighted by Gasteiger charge is 2.46. The van der Waals surface area contributed by atoms with Crippen LogP contribution in [0.15, 0.2) is 127 Å². The monoisotopic (exact) mass is 570 g/mol. The van der Waals surface area contributed by atoms with Crippen molar-refractivity contribution in [1.29, 1.82) is 0 Å². The number of hydrogen-bond donors (Lipinski definition) is 0. The van der Waals surface area contributed by atoms with E-state index in [4.69, 9.17) is 9.31 Å². The second-order valence-electron chi connectivity index (χ2n) is 13.4. The molecule has 3 heteroatoms. The highest BCUT2D eigenvalue weighted by molar-refractivity contribution is 6.61. The molecule has 1 aliphatic heterocycles. The van der Waals surface area contributed by atoms with Crippen LogP contribution in [0.3, 0.4) is 0 Å². The van der Waals surface area contributed by atoms with E-state index in [0.717, 1.165) is 5.46 Å². The zero-order valence-corrected chi connectivity index (χ0v) is 25.7. The largest absolute Gasteiger partial charge is 0.494 e. The van der Waals surface area contributed by atoms with Gasteiger partial charge in [-0.05, 0) is 109 Å². The van der Waals surface area contributed by atoms with Crippen molar-refractivity contribution in [3.05, 3.63) is 127 Å². The lowest BCUT2D eigenvalue weighted by molar-refractivity contribution is -0.0937. The molecule has 44 heavy (non-hydrogen) atoms. The molecule has 0 N–H and O–H groups in total. The summed E-state index contributed by atoms with van der Waals surface area (Å²) < 4.78 is 12.7. The van der Waals surface area contributed by atoms with Crippen molar-refractivity contribution in [3.63, 3.8) is 0 Å². The predicted octanol–water partition coefficient (Wildman–Crippen LogP) is 10.2. The van der Waals surface area contributed by atoms with Gasteiger partial charge in [0.05, 0.1) is 5.60 Å². The number of benzene rings is 7. The summed E-state index contributed by atoms with van der Waals surface area (Å²) in [5, 5.41) is 10.0. The van der Waals surface area contributed by atoms with Crippen molar-refractivity contribution >= 4 is 55.7 Å². The van der Waals surface area contributed by atoms with Crippen LogP contribution in [0.5, 0.6) is 0 Å². The molecule has 214 valence electrons. The molecular formula is C41H35BO2. The summed E-state index contributed by atoms with van der Waals surface area (Å²) in [6.07, 6.45) is 0. The van der Waals surface area contributed by atoms with Crippen LogP contribution in [0.2, 0.25) is 0 Å². The zero-order chi connectivity index (χ0) is 30.1. The van der Waals surface area contributed by atoms with E-state index in [1.54, 1.807) is 0 Å². The third-order valence-corrected chi connectivity index (χ3v) is 10.0. The van der Waals surface area contributed by atoms with Gasteiger partial charge in [-0.15, -0.1) is 0 Å². The molecule has 7 aromatic carbocycles. The van der Waals surface area contributed by atoms with Crippen LogP contribution in [0.4, 0.5) is 0 Å². The van der Waals surface area contributed by atoms with Gasteiger partial charge in [0.2, 0.25) is 0 Å². The van der Waals surface area contributed by atoms with Crippen LogP contribution in [0.25, 0.3) is 65.3 Å². The molecule has 7 aromatic rings. The van der Waals surface area contributed by atoms with E-state index in [1.807, 2.05) is 0 Å². The first-order chi connectivity index (χ1) is 21.3. The van der Waals surface area contributed by atoms with Gasteiger partial charge in [0, 0.05) is 12.0 Å². The molecule has 0 aromatic heterocycles. The fraction of sp³-hybridized carbons (Fsp3) is 0.171. The Morgan fingerprint density at radius 1 is 0.500 bits per heavy atom. The highest BCUT2D eigenvalue weighted by Crippen LogP contribution is 2.45. The van der Waals surface area contributed by atoms with Crippen molar-refractivity contribution in [2.75, 3.05) is 6.61 Å². The minimum atomic E-state index is -0.377. The molecular weight excluding hydrogens is 535 g/mol. The SMILES string of the molecule is CC1(C)COB(c2ccc(-c3c4ccccc4c(-c4ccccc4)c4cc5cc6ccccc6cc5cc34)cc2)OC1(C)C. The van der Waals surface area contributed by atoms with Crippen molar-refractivity contribution in [3.8, 4) is 22.3 Å². The molecule has 1 heterocycles. The second kappa shape index (κ2) is 10.1. The normalized spacial score (nSPS) is 16.2. The Kier molecular flexibility index (Phi) is 6.20. The Morgan fingerprint density at radius 3 is 1.55 bits per heavy atom. The number of fused-ring (bicyclic) bond motifs is 4. The Morgan fingerprint density at radius 2 is 1.00 bits per heavy atom. The Balaban J connectivity index is 1.38. The van der Waals surface area contributed by atoms with Gasteiger partial charge in [0.1, 0.15) is 0 Å². The first-order valence-corrected chi connectivity index (χ1v) is 15.6. The molecule has 1 saturated heterocycles. The van der Waals surface area contributed by atoms with E-state index in [2.05, 4.69) is 155 Å². The van der Waals surface area contributed by atoms with Crippen LogP contribution in [0.1, 0.15) is 27.7 Å². The maximum atomic E-state index is 6.49. The first kappa shape index (κ1) is 27.1. The molecule has 1 fully saturated rings. The highest BCUT2D eigenvalue weighted by atomic mass is 16.6. The first-order valence-electron chi connectivity index (χ1n) is 15.6. The standard InChI is InChI=1S/C41H35BO2/c1-40(2)26-43-42(44-41(40,3)4)33-20-18-28(19-21-33)39-35-17-11-10-16-34(35)38(27-12-6-5-7-13-27)36-24-31-22-29-14-8-9-15-30(29)23-32(31)25-37(36)39/h5-25H,26H2,1-4H3. The average molecular weight is 571 g/mol. The topological polar surface area (TPSA) is 18.5 Å². The van der Waals surface area contributed by atoms with Crippen LogP contribution in [-0.2, 0) is 9.31 Å². The Hall–Kier alpha value is -4.44. The second-order valence-corrected chi connectivity index (χ2v) is 13.4. The molecule has 0 unspecified atom stereocenters. The summed E-state index contributed by atoms with van der Waals surface area (Å²) in [7, 11) is -0.377. The van der Waals surface area contributed by atoms with Gasteiger partial charge in [-0.2, -0.15) is 0 Å². The van der Waals surface area contributed by atoms with Crippen LogP contribution in [0, 0.1) is 5.41 Å². The van der Waals surface area contributed by atoms with E-state index in [-0.39, 0.29) is 18.1 Å². The van der Waals surface area contributed by atoms with Crippen LogP contribution in [-0.4, -0.2) is 19.3 Å². The predicted molar refractivity (Wildman–Crippen MR) is 188 cm³/mol. The maximum absolute atomic E-state index is 6.49. The molecule has 0 spiro atoms. The quantitative estimate of drug-likeness (QED) is 0.155. The third-order valence-electron chi connectivity index (χ3n) is 10.0. The summed E-state index contributed by atoms with van der Waals surface area (Å²) >= 11 is 0. The molecule has 0 atom stereocenters. The lowest BCUT2D eigenvalue weighted by Crippen LogP contribution is -2.58. The lowest BCUT2D eigenvalue weighted by atomic mass is 9.69. The summed E-state index contributed by atoms with van der Waals surface area (Å²) in [6.45, 7) is 9.39. The van der Waals surface area contributed by atoms with E-state index < -0.39 is 0 Å². The van der Waals surface area contributed by atoms with Crippen molar-refractivity contribution in [2.45, 2.75) is 33.3 Å². The van der Waals surface area contributed by atoms with E-state index in [0.29, 0.717) is 6.61 Å². The van der Waals surface area contributed by atoms with Crippen molar-refractivity contribution in [1.82, 2.24) is 0 Å². The molecule has 0 amide bonds. The van der Waals surface area contributed by atoms with E-state index in [1.165, 1.54) is 65.3 Å². The minimum Gasteiger partial charge on any atom is -0.407 e. The molecule has 2 nitrogen and oxygen atoms in total.